The van der Waals surface area contributed by atoms with Crippen molar-refractivity contribution in [3.8, 4) is 0 Å². The standard InChI is InChI=1S/C13H24N2O4/c1-9(2)5-10(13(17)18)7-15-12(16)6-11-8-14-3-4-19-11/h9-11,14H,3-8H2,1-2H3,(H,15,16)(H,17,18). The molecular weight excluding hydrogens is 248 g/mol. The Kier molecular flexibility index (Phi) is 6.80. The lowest BCUT2D eigenvalue weighted by Crippen LogP contribution is -2.42. The number of carbonyl (C=O) groups is 2. The van der Waals surface area contributed by atoms with Crippen LogP contribution in [-0.4, -0.2) is 49.3 Å². The number of hydrogen-bond donors (Lipinski definition) is 3. The summed E-state index contributed by atoms with van der Waals surface area (Å²) in [6.45, 7) is 6.23. The van der Waals surface area contributed by atoms with Crippen molar-refractivity contribution in [1.82, 2.24) is 10.6 Å². The van der Waals surface area contributed by atoms with Crippen LogP contribution in [0.4, 0.5) is 0 Å². The van der Waals surface area contributed by atoms with E-state index in [1.54, 1.807) is 0 Å². The quantitative estimate of drug-likeness (QED) is 0.617. The maximum atomic E-state index is 11.7. The van der Waals surface area contributed by atoms with Gasteiger partial charge in [-0.2, -0.15) is 0 Å². The van der Waals surface area contributed by atoms with E-state index < -0.39 is 11.9 Å². The molecule has 0 aromatic carbocycles. The number of ether oxygens (including phenoxy) is 1. The third-order valence-corrected chi connectivity index (χ3v) is 3.07. The molecule has 19 heavy (non-hydrogen) atoms. The molecule has 2 atom stereocenters. The molecule has 0 radical (unpaired) electrons. The highest BCUT2D eigenvalue weighted by Crippen LogP contribution is 2.11. The zero-order chi connectivity index (χ0) is 14.3. The largest absolute Gasteiger partial charge is 0.481 e. The summed E-state index contributed by atoms with van der Waals surface area (Å²) in [5.41, 5.74) is 0. The molecule has 0 saturated carbocycles. The molecule has 0 spiro atoms. The van der Waals surface area contributed by atoms with Gasteiger partial charge in [0, 0.05) is 19.6 Å². The summed E-state index contributed by atoms with van der Waals surface area (Å²) in [7, 11) is 0. The average molecular weight is 272 g/mol. The fourth-order valence-electron chi connectivity index (χ4n) is 2.11. The molecule has 0 aromatic heterocycles. The van der Waals surface area contributed by atoms with E-state index in [9.17, 15) is 9.59 Å². The summed E-state index contributed by atoms with van der Waals surface area (Å²) in [6, 6.07) is 0. The highest BCUT2D eigenvalue weighted by molar-refractivity contribution is 5.77. The van der Waals surface area contributed by atoms with Gasteiger partial charge in [0.2, 0.25) is 5.91 Å². The third-order valence-electron chi connectivity index (χ3n) is 3.07. The number of nitrogens with one attached hydrogen (secondary N) is 2. The monoisotopic (exact) mass is 272 g/mol. The van der Waals surface area contributed by atoms with E-state index in [-0.39, 0.29) is 25.0 Å². The summed E-state index contributed by atoms with van der Waals surface area (Å²) in [4.78, 5) is 22.8. The topological polar surface area (TPSA) is 87.7 Å². The van der Waals surface area contributed by atoms with Gasteiger partial charge in [-0.15, -0.1) is 0 Å². The number of carboxylic acids is 1. The molecule has 1 aliphatic rings. The van der Waals surface area contributed by atoms with Gasteiger partial charge in [-0.25, -0.2) is 0 Å². The van der Waals surface area contributed by atoms with Gasteiger partial charge in [0.1, 0.15) is 0 Å². The van der Waals surface area contributed by atoms with Crippen LogP contribution in [0.15, 0.2) is 0 Å². The Labute approximate surface area is 113 Å². The Morgan fingerprint density at radius 1 is 1.47 bits per heavy atom. The molecule has 6 heteroatoms. The molecule has 1 amide bonds. The van der Waals surface area contributed by atoms with Crippen LogP contribution in [0.3, 0.4) is 0 Å². The van der Waals surface area contributed by atoms with Crippen LogP contribution < -0.4 is 10.6 Å². The number of aliphatic carboxylic acids is 1. The van der Waals surface area contributed by atoms with Gasteiger partial charge in [-0.3, -0.25) is 9.59 Å². The Balaban J connectivity index is 2.28. The molecule has 1 saturated heterocycles. The van der Waals surface area contributed by atoms with E-state index in [1.165, 1.54) is 0 Å². The average Bonchev–Trinajstić information content (AvgIpc) is 2.35. The van der Waals surface area contributed by atoms with E-state index in [0.717, 1.165) is 6.54 Å². The lowest BCUT2D eigenvalue weighted by molar-refractivity contribution is -0.142. The van der Waals surface area contributed by atoms with Crippen molar-refractivity contribution in [3.63, 3.8) is 0 Å². The highest BCUT2D eigenvalue weighted by atomic mass is 16.5. The minimum absolute atomic E-state index is 0.109. The van der Waals surface area contributed by atoms with Crippen LogP contribution in [0, 0.1) is 11.8 Å². The number of amides is 1. The maximum Gasteiger partial charge on any atom is 0.308 e. The van der Waals surface area contributed by atoms with Gasteiger partial charge in [0.05, 0.1) is 25.0 Å². The Morgan fingerprint density at radius 2 is 2.21 bits per heavy atom. The van der Waals surface area contributed by atoms with E-state index >= 15 is 0 Å². The first-order valence-electron chi connectivity index (χ1n) is 6.81. The summed E-state index contributed by atoms with van der Waals surface area (Å²) in [6.07, 6.45) is 0.736. The van der Waals surface area contributed by atoms with E-state index in [0.29, 0.717) is 25.5 Å². The molecule has 1 aliphatic heterocycles. The molecule has 3 N–H and O–H groups in total. The molecule has 1 rings (SSSR count). The van der Waals surface area contributed by atoms with Gasteiger partial charge in [0.15, 0.2) is 0 Å². The van der Waals surface area contributed by atoms with Crippen LogP contribution >= 0.6 is 0 Å². The van der Waals surface area contributed by atoms with Gasteiger partial charge in [-0.1, -0.05) is 13.8 Å². The highest BCUT2D eigenvalue weighted by Gasteiger charge is 2.21. The lowest BCUT2D eigenvalue weighted by Gasteiger charge is -2.23. The summed E-state index contributed by atoms with van der Waals surface area (Å²) < 4.78 is 5.43. The Hall–Kier alpha value is -1.14. The third kappa shape index (κ3) is 6.54. The first-order chi connectivity index (χ1) is 8.99. The van der Waals surface area contributed by atoms with Crippen LogP contribution in [-0.2, 0) is 14.3 Å². The minimum atomic E-state index is -0.857. The Bertz CT molecular complexity index is 301. The van der Waals surface area contributed by atoms with Gasteiger partial charge in [0.25, 0.3) is 0 Å². The first kappa shape index (κ1) is 15.9. The number of hydrogen-bond acceptors (Lipinski definition) is 4. The number of morpholine rings is 1. The first-order valence-corrected chi connectivity index (χ1v) is 6.81. The molecule has 0 aliphatic carbocycles. The van der Waals surface area contributed by atoms with Crippen molar-refractivity contribution < 1.29 is 19.4 Å². The van der Waals surface area contributed by atoms with E-state index in [1.807, 2.05) is 13.8 Å². The minimum Gasteiger partial charge on any atom is -0.481 e. The fourth-order valence-corrected chi connectivity index (χ4v) is 2.11. The molecule has 110 valence electrons. The van der Waals surface area contributed by atoms with Crippen molar-refractivity contribution >= 4 is 11.9 Å². The molecule has 2 unspecified atom stereocenters. The van der Waals surface area contributed by atoms with Crippen LogP contribution in [0.1, 0.15) is 26.7 Å². The predicted octanol–water partition coefficient (Wildman–Crippen LogP) is 0.228. The second kappa shape index (κ2) is 8.12. The molecule has 6 nitrogen and oxygen atoms in total. The van der Waals surface area contributed by atoms with Gasteiger partial charge in [-0.05, 0) is 12.3 Å². The van der Waals surface area contributed by atoms with Crippen LogP contribution in [0.2, 0.25) is 0 Å². The van der Waals surface area contributed by atoms with Crippen molar-refractivity contribution in [1.29, 1.82) is 0 Å². The smallest absolute Gasteiger partial charge is 0.308 e. The van der Waals surface area contributed by atoms with E-state index in [4.69, 9.17) is 9.84 Å². The van der Waals surface area contributed by atoms with Crippen LogP contribution in [0.25, 0.3) is 0 Å². The van der Waals surface area contributed by atoms with Gasteiger partial charge < -0.3 is 20.5 Å². The lowest BCUT2D eigenvalue weighted by atomic mass is 9.97. The zero-order valence-corrected chi connectivity index (χ0v) is 11.6. The van der Waals surface area contributed by atoms with Crippen molar-refractivity contribution in [3.05, 3.63) is 0 Å². The van der Waals surface area contributed by atoms with Crippen molar-refractivity contribution in [2.75, 3.05) is 26.2 Å². The van der Waals surface area contributed by atoms with Crippen LogP contribution in [0.5, 0.6) is 0 Å². The number of carbonyl (C=O) groups excluding carboxylic acids is 1. The van der Waals surface area contributed by atoms with Gasteiger partial charge >= 0.3 is 5.97 Å². The van der Waals surface area contributed by atoms with Crippen molar-refractivity contribution in [2.24, 2.45) is 11.8 Å². The summed E-state index contributed by atoms with van der Waals surface area (Å²) in [5.74, 6) is -1.23. The SMILES string of the molecule is CC(C)CC(CNC(=O)CC1CNCCO1)C(=O)O. The molecule has 0 bridgehead atoms. The second-order valence-corrected chi connectivity index (χ2v) is 5.37. The Morgan fingerprint density at radius 3 is 2.74 bits per heavy atom. The maximum absolute atomic E-state index is 11.7. The number of carboxylic acid groups (broad SMARTS) is 1. The van der Waals surface area contributed by atoms with E-state index in [2.05, 4.69) is 10.6 Å². The zero-order valence-electron chi connectivity index (χ0n) is 11.6. The summed E-state index contributed by atoms with van der Waals surface area (Å²) >= 11 is 0. The predicted molar refractivity (Wildman–Crippen MR) is 70.8 cm³/mol. The summed E-state index contributed by atoms with van der Waals surface area (Å²) in [5, 5.41) is 14.9. The number of rotatable bonds is 7. The molecule has 1 fully saturated rings. The fraction of sp³-hybridized carbons (Fsp3) is 0.846. The molecule has 1 heterocycles. The molecule has 0 aromatic rings. The molecular formula is C13H24N2O4. The second-order valence-electron chi connectivity index (χ2n) is 5.37. The normalized spacial score (nSPS) is 21.1. The van der Waals surface area contributed by atoms with Crippen molar-refractivity contribution in [2.45, 2.75) is 32.8 Å².